The Labute approximate surface area is 88.9 Å². The molecule has 1 rings (SSSR count). The molecule has 0 spiro atoms. The molecule has 0 saturated carbocycles. The molecule has 3 nitrogen and oxygen atoms in total. The lowest BCUT2D eigenvalue weighted by molar-refractivity contribution is -0.130. The molecule has 13 heavy (non-hydrogen) atoms. The molecule has 0 saturated heterocycles. The summed E-state index contributed by atoms with van der Waals surface area (Å²) in [5.41, 5.74) is -1.34. The third-order valence-electron chi connectivity index (χ3n) is 1.37. The van der Waals surface area contributed by atoms with Crippen molar-refractivity contribution in [3.05, 3.63) is 15.9 Å². The van der Waals surface area contributed by atoms with E-state index in [4.69, 9.17) is 0 Å². The van der Waals surface area contributed by atoms with Crippen LogP contribution in [0.2, 0.25) is 0 Å². The zero-order chi connectivity index (χ0) is 10.1. The number of thiophene rings is 1. The second-order valence-corrected chi connectivity index (χ2v) is 5.58. The lowest BCUT2D eigenvalue weighted by atomic mass is 10.1. The van der Waals surface area contributed by atoms with Crippen LogP contribution in [0.3, 0.4) is 0 Å². The Morgan fingerprint density at radius 3 is 2.62 bits per heavy atom. The maximum absolute atomic E-state index is 11.3. The van der Waals surface area contributed by atoms with Crippen LogP contribution in [-0.4, -0.2) is 16.6 Å². The van der Waals surface area contributed by atoms with Gasteiger partial charge in [0.2, 0.25) is 0 Å². The zero-order valence-corrected chi connectivity index (χ0v) is 9.70. The number of hydrogen-bond donors (Lipinski definition) is 2. The van der Waals surface area contributed by atoms with Gasteiger partial charge in [-0.2, -0.15) is 0 Å². The van der Waals surface area contributed by atoms with Gasteiger partial charge in [-0.1, -0.05) is 0 Å². The van der Waals surface area contributed by atoms with Crippen molar-refractivity contribution in [1.29, 1.82) is 0 Å². The first kappa shape index (κ1) is 10.7. The molecular formula is C8H10BrNO2S. The fourth-order valence-corrected chi connectivity index (χ4v) is 1.93. The zero-order valence-electron chi connectivity index (χ0n) is 7.30. The van der Waals surface area contributed by atoms with E-state index < -0.39 is 11.5 Å². The maximum atomic E-state index is 11.3. The second kappa shape index (κ2) is 3.77. The first-order chi connectivity index (χ1) is 5.89. The highest BCUT2D eigenvalue weighted by molar-refractivity contribution is 9.11. The van der Waals surface area contributed by atoms with Crippen molar-refractivity contribution in [2.75, 3.05) is 5.32 Å². The Morgan fingerprint density at radius 2 is 2.23 bits per heavy atom. The average Bonchev–Trinajstić information content (AvgIpc) is 2.33. The third kappa shape index (κ3) is 3.10. The number of carbonyl (C=O) groups is 1. The quantitative estimate of drug-likeness (QED) is 0.860. The monoisotopic (exact) mass is 263 g/mol. The van der Waals surface area contributed by atoms with Gasteiger partial charge in [-0.05, 0) is 41.9 Å². The molecule has 5 heteroatoms. The predicted octanol–water partition coefficient (Wildman–Crippen LogP) is 2.22. The summed E-state index contributed by atoms with van der Waals surface area (Å²) in [6, 6.07) is 3.61. The van der Waals surface area contributed by atoms with Gasteiger partial charge in [0.05, 0.1) is 8.79 Å². The summed E-state index contributed by atoms with van der Waals surface area (Å²) >= 11 is 4.68. The molecular weight excluding hydrogens is 254 g/mol. The highest BCUT2D eigenvalue weighted by Crippen LogP contribution is 2.26. The lowest BCUT2D eigenvalue weighted by Crippen LogP contribution is -2.36. The van der Waals surface area contributed by atoms with Gasteiger partial charge >= 0.3 is 0 Å². The number of rotatable bonds is 2. The normalized spacial score (nSPS) is 11.4. The summed E-state index contributed by atoms with van der Waals surface area (Å²) in [6.07, 6.45) is 0. The molecule has 0 aromatic carbocycles. The van der Waals surface area contributed by atoms with Crippen molar-refractivity contribution in [2.45, 2.75) is 19.4 Å². The van der Waals surface area contributed by atoms with Crippen molar-refractivity contribution < 1.29 is 9.90 Å². The molecule has 0 unspecified atom stereocenters. The van der Waals surface area contributed by atoms with Crippen LogP contribution in [0.4, 0.5) is 5.00 Å². The number of carbonyl (C=O) groups excluding carboxylic acids is 1. The van der Waals surface area contributed by atoms with Gasteiger partial charge in [-0.15, -0.1) is 11.3 Å². The van der Waals surface area contributed by atoms with E-state index in [1.54, 1.807) is 6.07 Å². The summed E-state index contributed by atoms with van der Waals surface area (Å²) in [7, 11) is 0. The molecule has 0 aliphatic heterocycles. The van der Waals surface area contributed by atoms with Crippen LogP contribution in [0.5, 0.6) is 0 Å². The number of aliphatic hydroxyl groups is 1. The van der Waals surface area contributed by atoms with Gasteiger partial charge in [0.1, 0.15) is 5.60 Å². The van der Waals surface area contributed by atoms with Gasteiger partial charge in [-0.3, -0.25) is 4.79 Å². The minimum Gasteiger partial charge on any atom is -0.381 e. The third-order valence-corrected chi connectivity index (χ3v) is 2.90. The van der Waals surface area contributed by atoms with E-state index in [-0.39, 0.29) is 0 Å². The van der Waals surface area contributed by atoms with Crippen molar-refractivity contribution in [3.8, 4) is 0 Å². The van der Waals surface area contributed by atoms with Crippen LogP contribution in [-0.2, 0) is 4.79 Å². The Morgan fingerprint density at radius 1 is 1.62 bits per heavy atom. The minimum atomic E-state index is -1.34. The van der Waals surface area contributed by atoms with Gasteiger partial charge in [0.25, 0.3) is 5.91 Å². The molecule has 0 fully saturated rings. The molecule has 2 N–H and O–H groups in total. The molecule has 1 amide bonds. The SMILES string of the molecule is CC(C)(O)C(=O)Nc1ccc(Br)s1. The van der Waals surface area contributed by atoms with E-state index in [2.05, 4.69) is 21.2 Å². The summed E-state index contributed by atoms with van der Waals surface area (Å²) in [5, 5.41) is 12.7. The van der Waals surface area contributed by atoms with Gasteiger partial charge in [0.15, 0.2) is 0 Å². The van der Waals surface area contributed by atoms with Crippen molar-refractivity contribution in [1.82, 2.24) is 0 Å². The smallest absolute Gasteiger partial charge is 0.256 e. The summed E-state index contributed by atoms with van der Waals surface area (Å²) in [5.74, 6) is -0.401. The maximum Gasteiger partial charge on any atom is 0.256 e. The molecule has 1 aromatic heterocycles. The van der Waals surface area contributed by atoms with Crippen LogP contribution in [0.25, 0.3) is 0 Å². The number of amides is 1. The Balaban J connectivity index is 2.65. The standard InChI is InChI=1S/C8H10BrNO2S/c1-8(2,12)7(11)10-6-4-3-5(9)13-6/h3-4,12H,1-2H3,(H,10,11). The number of hydrogen-bond acceptors (Lipinski definition) is 3. The van der Waals surface area contributed by atoms with Crippen LogP contribution in [0, 0.1) is 0 Å². The molecule has 0 bridgehead atoms. The minimum absolute atomic E-state index is 0.401. The van der Waals surface area contributed by atoms with E-state index in [1.807, 2.05) is 6.07 Å². The Hall–Kier alpha value is -0.390. The van der Waals surface area contributed by atoms with E-state index >= 15 is 0 Å². The Kier molecular flexibility index (Phi) is 3.10. The van der Waals surface area contributed by atoms with Gasteiger partial charge in [-0.25, -0.2) is 0 Å². The first-order valence-corrected chi connectivity index (χ1v) is 5.30. The molecule has 0 aliphatic rings. The van der Waals surface area contributed by atoms with Crippen LogP contribution >= 0.6 is 27.3 Å². The number of nitrogens with one attached hydrogen (secondary N) is 1. The molecule has 72 valence electrons. The van der Waals surface area contributed by atoms with Gasteiger partial charge in [0, 0.05) is 0 Å². The number of anilines is 1. The van der Waals surface area contributed by atoms with Crippen LogP contribution < -0.4 is 5.32 Å². The van der Waals surface area contributed by atoms with Crippen LogP contribution in [0.1, 0.15) is 13.8 Å². The van der Waals surface area contributed by atoms with Crippen molar-refractivity contribution >= 4 is 38.2 Å². The largest absolute Gasteiger partial charge is 0.381 e. The fraction of sp³-hybridized carbons (Fsp3) is 0.375. The summed E-state index contributed by atoms with van der Waals surface area (Å²) < 4.78 is 0.943. The Bertz CT molecular complexity index is 316. The summed E-state index contributed by atoms with van der Waals surface area (Å²) in [6.45, 7) is 2.90. The number of halogens is 1. The highest BCUT2D eigenvalue weighted by atomic mass is 79.9. The molecule has 1 aromatic rings. The van der Waals surface area contributed by atoms with E-state index in [9.17, 15) is 9.90 Å². The average molecular weight is 264 g/mol. The van der Waals surface area contributed by atoms with E-state index in [0.29, 0.717) is 0 Å². The topological polar surface area (TPSA) is 49.3 Å². The molecule has 0 radical (unpaired) electrons. The highest BCUT2D eigenvalue weighted by Gasteiger charge is 2.23. The fourth-order valence-electron chi connectivity index (χ4n) is 0.646. The van der Waals surface area contributed by atoms with Crippen molar-refractivity contribution in [2.24, 2.45) is 0 Å². The second-order valence-electron chi connectivity index (χ2n) is 3.12. The van der Waals surface area contributed by atoms with Crippen LogP contribution in [0.15, 0.2) is 15.9 Å². The van der Waals surface area contributed by atoms with Crippen molar-refractivity contribution in [3.63, 3.8) is 0 Å². The van der Waals surface area contributed by atoms with Gasteiger partial charge < -0.3 is 10.4 Å². The van der Waals surface area contributed by atoms with E-state index in [0.717, 1.165) is 8.79 Å². The predicted molar refractivity (Wildman–Crippen MR) is 56.9 cm³/mol. The lowest BCUT2D eigenvalue weighted by Gasteiger charge is -2.15. The summed E-state index contributed by atoms with van der Waals surface area (Å²) in [4.78, 5) is 11.3. The van der Waals surface area contributed by atoms with E-state index in [1.165, 1.54) is 25.2 Å². The first-order valence-electron chi connectivity index (χ1n) is 3.69. The molecule has 0 aliphatic carbocycles. The molecule has 0 atom stereocenters. The molecule has 1 heterocycles.